The van der Waals surface area contributed by atoms with Crippen molar-refractivity contribution in [1.82, 2.24) is 4.57 Å². The van der Waals surface area contributed by atoms with Crippen molar-refractivity contribution in [2.75, 3.05) is 24.5 Å². The minimum Gasteiger partial charge on any atom is -0.493 e. The number of nitrogens with one attached hydrogen (secondary N) is 1. The molecule has 188 valence electrons. The van der Waals surface area contributed by atoms with Crippen molar-refractivity contribution in [3.63, 3.8) is 0 Å². The summed E-state index contributed by atoms with van der Waals surface area (Å²) >= 11 is 0. The summed E-state index contributed by atoms with van der Waals surface area (Å²) in [6.45, 7) is 3.14. The fourth-order valence-corrected chi connectivity index (χ4v) is 4.36. The molecule has 1 aromatic heterocycles. The average Bonchev–Trinajstić information content (AvgIpc) is 2.84. The first-order valence-corrected chi connectivity index (χ1v) is 12.3. The van der Waals surface area contributed by atoms with Gasteiger partial charge in [0.25, 0.3) is 15.6 Å². The first kappa shape index (κ1) is 26.6. The molecule has 11 nitrogen and oxygen atoms in total. The number of aliphatic hydroxyl groups excluding tert-OH is 1. The number of sulfonamides is 1. The lowest BCUT2D eigenvalue weighted by Gasteiger charge is -2.13. The SMILES string of the molecule is Cc1cccc(NS(=O)(=O)c2ccc(N=Nc3c(C)c(C#N)c(O)n(CCOCCO)c3=O)cc2)c1. The third kappa shape index (κ3) is 6.14. The molecule has 3 aromatic rings. The number of aromatic hydroxyl groups is 1. The van der Waals surface area contributed by atoms with Crippen LogP contribution in [0.4, 0.5) is 17.1 Å². The van der Waals surface area contributed by atoms with Gasteiger partial charge in [-0.1, -0.05) is 12.1 Å². The molecule has 0 unspecified atom stereocenters. The number of ether oxygens (including phenoxy) is 1. The van der Waals surface area contributed by atoms with Crippen molar-refractivity contribution in [3.05, 3.63) is 75.6 Å². The van der Waals surface area contributed by atoms with Crippen LogP contribution in [0.15, 0.2) is 68.4 Å². The van der Waals surface area contributed by atoms with E-state index in [9.17, 15) is 23.6 Å². The molecule has 2 aromatic carbocycles. The quantitative estimate of drug-likeness (QED) is 0.277. The Bertz CT molecular complexity index is 1470. The van der Waals surface area contributed by atoms with Crippen LogP contribution in [0.1, 0.15) is 16.7 Å². The summed E-state index contributed by atoms with van der Waals surface area (Å²) in [6, 6.07) is 14.4. The second-order valence-corrected chi connectivity index (χ2v) is 9.43. The van der Waals surface area contributed by atoms with Gasteiger partial charge >= 0.3 is 0 Å². The molecule has 0 radical (unpaired) electrons. The van der Waals surface area contributed by atoms with E-state index in [1.165, 1.54) is 31.2 Å². The third-order valence-corrected chi connectivity index (χ3v) is 6.54. The molecule has 0 fully saturated rings. The molecular formula is C24H25N5O6S. The summed E-state index contributed by atoms with van der Waals surface area (Å²) in [5, 5.41) is 36.6. The molecule has 0 spiro atoms. The topological polar surface area (TPSA) is 166 Å². The number of hydrogen-bond acceptors (Lipinski definition) is 9. The Hall–Kier alpha value is -4.05. The van der Waals surface area contributed by atoms with Crippen LogP contribution < -0.4 is 10.3 Å². The summed E-state index contributed by atoms with van der Waals surface area (Å²) < 4.78 is 33.9. The van der Waals surface area contributed by atoms with Gasteiger partial charge in [0.15, 0.2) is 5.69 Å². The number of aromatic nitrogens is 1. The highest BCUT2D eigenvalue weighted by Gasteiger charge is 2.19. The van der Waals surface area contributed by atoms with Crippen LogP contribution in [0, 0.1) is 25.2 Å². The number of hydrogen-bond donors (Lipinski definition) is 3. The highest BCUT2D eigenvalue weighted by Crippen LogP contribution is 2.27. The van der Waals surface area contributed by atoms with Gasteiger partial charge in [0.2, 0.25) is 5.88 Å². The van der Waals surface area contributed by atoms with Crippen LogP contribution >= 0.6 is 0 Å². The fraction of sp³-hybridized carbons (Fsp3) is 0.250. The van der Waals surface area contributed by atoms with Crippen LogP contribution in [-0.2, 0) is 21.3 Å². The summed E-state index contributed by atoms with van der Waals surface area (Å²) in [5.41, 5.74) is 0.811. The fourth-order valence-electron chi connectivity index (χ4n) is 3.31. The molecule has 0 aliphatic rings. The van der Waals surface area contributed by atoms with Crippen LogP contribution in [0.2, 0.25) is 0 Å². The molecule has 0 saturated heterocycles. The summed E-state index contributed by atoms with van der Waals surface area (Å²) in [5.74, 6) is -0.512. The smallest absolute Gasteiger partial charge is 0.281 e. The van der Waals surface area contributed by atoms with E-state index in [0.717, 1.165) is 10.1 Å². The van der Waals surface area contributed by atoms with E-state index in [1.54, 1.807) is 18.2 Å². The lowest BCUT2D eigenvalue weighted by atomic mass is 10.1. The molecular weight excluding hydrogens is 486 g/mol. The second-order valence-electron chi connectivity index (χ2n) is 7.75. The van der Waals surface area contributed by atoms with Gasteiger partial charge in [0, 0.05) is 11.3 Å². The lowest BCUT2D eigenvalue weighted by molar-refractivity contribution is 0.0854. The maximum absolute atomic E-state index is 12.9. The Balaban J connectivity index is 1.86. The van der Waals surface area contributed by atoms with Crippen molar-refractivity contribution in [2.45, 2.75) is 25.3 Å². The van der Waals surface area contributed by atoms with E-state index in [4.69, 9.17) is 9.84 Å². The van der Waals surface area contributed by atoms with Gasteiger partial charge < -0.3 is 14.9 Å². The third-order valence-electron chi connectivity index (χ3n) is 5.15. The van der Waals surface area contributed by atoms with E-state index in [-0.39, 0.29) is 53.8 Å². The first-order valence-electron chi connectivity index (χ1n) is 10.8. The predicted molar refractivity (Wildman–Crippen MR) is 132 cm³/mol. The molecule has 0 aliphatic heterocycles. The highest BCUT2D eigenvalue weighted by atomic mass is 32.2. The molecule has 0 aliphatic carbocycles. The van der Waals surface area contributed by atoms with Gasteiger partial charge in [-0.2, -0.15) is 10.4 Å². The van der Waals surface area contributed by atoms with E-state index in [0.29, 0.717) is 5.69 Å². The molecule has 0 amide bonds. The van der Waals surface area contributed by atoms with Gasteiger partial charge in [-0.15, -0.1) is 5.11 Å². The van der Waals surface area contributed by atoms with Gasteiger partial charge in [-0.05, 0) is 55.8 Å². The largest absolute Gasteiger partial charge is 0.493 e. The number of nitrogens with zero attached hydrogens (tertiary/aromatic N) is 4. The standard InChI is InChI=1S/C24H25N5O6S/c1-16-4-3-5-19(14-16)28-36(33,34)20-8-6-18(7-9-20)26-27-22-17(2)21(15-25)23(31)29(24(22)32)10-12-35-13-11-30/h3-9,14,28,30-31H,10-13H2,1-2H3. The first-order chi connectivity index (χ1) is 17.2. The zero-order valence-corrected chi connectivity index (χ0v) is 20.5. The zero-order valence-electron chi connectivity index (χ0n) is 19.7. The maximum atomic E-state index is 12.9. The number of anilines is 1. The predicted octanol–water partition coefficient (Wildman–Crippen LogP) is 3.27. The number of benzene rings is 2. The van der Waals surface area contributed by atoms with Crippen molar-refractivity contribution in [2.24, 2.45) is 10.2 Å². The van der Waals surface area contributed by atoms with Gasteiger partial charge in [0.1, 0.15) is 11.6 Å². The number of rotatable bonds is 10. The van der Waals surface area contributed by atoms with Crippen molar-refractivity contribution in [1.29, 1.82) is 5.26 Å². The number of azo groups is 1. The number of aryl methyl sites for hydroxylation is 1. The molecule has 0 bridgehead atoms. The van der Waals surface area contributed by atoms with Gasteiger partial charge in [-0.3, -0.25) is 14.1 Å². The Morgan fingerprint density at radius 1 is 1.11 bits per heavy atom. The number of nitriles is 1. The van der Waals surface area contributed by atoms with E-state index in [1.807, 2.05) is 19.1 Å². The Labute approximate surface area is 208 Å². The van der Waals surface area contributed by atoms with Crippen LogP contribution in [-0.4, -0.2) is 43.0 Å². The molecule has 0 saturated carbocycles. The van der Waals surface area contributed by atoms with E-state index >= 15 is 0 Å². The molecule has 3 rings (SSSR count). The van der Waals surface area contributed by atoms with Crippen LogP contribution in [0.5, 0.6) is 5.88 Å². The van der Waals surface area contributed by atoms with Crippen molar-refractivity contribution in [3.8, 4) is 11.9 Å². The molecule has 36 heavy (non-hydrogen) atoms. The number of aliphatic hydroxyl groups is 1. The summed E-state index contributed by atoms with van der Waals surface area (Å²) in [4.78, 5) is 12.9. The van der Waals surface area contributed by atoms with Crippen LogP contribution in [0.3, 0.4) is 0 Å². The maximum Gasteiger partial charge on any atom is 0.281 e. The summed E-state index contributed by atoms with van der Waals surface area (Å²) in [7, 11) is -3.83. The minimum absolute atomic E-state index is 0.0146. The van der Waals surface area contributed by atoms with E-state index in [2.05, 4.69) is 15.0 Å². The van der Waals surface area contributed by atoms with Crippen molar-refractivity contribution >= 4 is 27.1 Å². The molecule has 12 heteroatoms. The van der Waals surface area contributed by atoms with Crippen LogP contribution in [0.25, 0.3) is 0 Å². The average molecular weight is 512 g/mol. The Morgan fingerprint density at radius 2 is 1.83 bits per heavy atom. The second kappa shape index (κ2) is 11.6. The summed E-state index contributed by atoms with van der Waals surface area (Å²) in [6.07, 6.45) is 0. The minimum atomic E-state index is -3.83. The Morgan fingerprint density at radius 3 is 2.47 bits per heavy atom. The van der Waals surface area contributed by atoms with Gasteiger partial charge in [-0.25, -0.2) is 8.42 Å². The lowest BCUT2D eigenvalue weighted by Crippen LogP contribution is -2.24. The molecule has 3 N–H and O–H groups in total. The zero-order chi connectivity index (χ0) is 26.3. The molecule has 1 heterocycles. The molecule has 0 atom stereocenters. The highest BCUT2D eigenvalue weighted by molar-refractivity contribution is 7.92. The monoisotopic (exact) mass is 511 g/mol. The van der Waals surface area contributed by atoms with E-state index < -0.39 is 21.5 Å². The Kier molecular flexibility index (Phi) is 8.55. The van der Waals surface area contributed by atoms with Gasteiger partial charge in [0.05, 0.1) is 36.9 Å². The van der Waals surface area contributed by atoms with Crippen molar-refractivity contribution < 1.29 is 23.4 Å². The normalized spacial score (nSPS) is 11.5. The number of pyridine rings is 1.